The average Bonchev–Trinajstić information content (AvgIpc) is 3.51. The summed E-state index contributed by atoms with van der Waals surface area (Å²) in [6.07, 6.45) is -0.819. The van der Waals surface area contributed by atoms with Gasteiger partial charge < -0.3 is 28.4 Å². The summed E-state index contributed by atoms with van der Waals surface area (Å²) in [4.78, 5) is 24.6. The topological polar surface area (TPSA) is 96.1 Å². The largest absolute Gasteiger partial charge is 0.463 e. The molecule has 3 saturated heterocycles. The van der Waals surface area contributed by atoms with Gasteiger partial charge in [0, 0.05) is 26.1 Å². The van der Waals surface area contributed by atoms with E-state index in [4.69, 9.17) is 28.4 Å². The van der Waals surface area contributed by atoms with Crippen molar-refractivity contribution in [1.29, 1.82) is 0 Å². The normalized spacial score (nSPS) is 47.4. The van der Waals surface area contributed by atoms with Crippen molar-refractivity contribution in [3.05, 3.63) is 0 Å². The Kier molecular flexibility index (Phi) is 6.06. The molecule has 3 heterocycles. The molecule has 0 aromatic heterocycles. The molecule has 3 rings (SSSR count). The third-order valence-electron chi connectivity index (χ3n) is 7.01. The van der Waals surface area contributed by atoms with Crippen LogP contribution in [0.4, 0.5) is 0 Å². The molecule has 3 fully saturated rings. The quantitative estimate of drug-likeness (QED) is 0.508. The Morgan fingerprint density at radius 2 is 1.14 bits per heavy atom. The van der Waals surface area contributed by atoms with Crippen molar-refractivity contribution in [3.8, 4) is 0 Å². The fraction of sp³-hybridized carbons (Fsp3) is 0.900. The third-order valence-corrected chi connectivity index (χ3v) is 7.01. The standard InChI is InChI=1S/C20H32O8/c1-11-13(23-5)9-25-18(22)8-16-20(4,28-16)12(2)14(24-6)10-26-17(21)7-15-19(11,3)27-15/h11-16H,7-10H2,1-6H3/t11-,12-,13+,14+,15+,16+,19+,20+/m1/s1. The van der Waals surface area contributed by atoms with Gasteiger partial charge in [-0.25, -0.2) is 0 Å². The number of ether oxygens (including phenoxy) is 6. The molecule has 160 valence electrons. The summed E-state index contributed by atoms with van der Waals surface area (Å²) >= 11 is 0. The molecule has 0 spiro atoms. The molecular weight excluding hydrogens is 368 g/mol. The molecule has 8 nitrogen and oxygen atoms in total. The molecule has 0 unspecified atom stereocenters. The van der Waals surface area contributed by atoms with E-state index in [0.717, 1.165) is 0 Å². The van der Waals surface area contributed by atoms with Gasteiger partial charge in [-0.2, -0.15) is 0 Å². The minimum Gasteiger partial charge on any atom is -0.463 e. The molecule has 28 heavy (non-hydrogen) atoms. The van der Waals surface area contributed by atoms with Gasteiger partial charge in [0.2, 0.25) is 0 Å². The van der Waals surface area contributed by atoms with Crippen LogP contribution in [0.3, 0.4) is 0 Å². The highest BCUT2D eigenvalue weighted by atomic mass is 16.6. The highest BCUT2D eigenvalue weighted by Gasteiger charge is 2.60. The maximum absolute atomic E-state index is 12.3. The van der Waals surface area contributed by atoms with Crippen molar-refractivity contribution >= 4 is 11.9 Å². The summed E-state index contributed by atoms with van der Waals surface area (Å²) in [5.41, 5.74) is -1.04. The Hall–Kier alpha value is -1.22. The Balaban J connectivity index is 1.74. The van der Waals surface area contributed by atoms with Gasteiger partial charge in [0.15, 0.2) is 0 Å². The second-order valence-electron chi connectivity index (χ2n) is 8.48. The van der Waals surface area contributed by atoms with Crippen molar-refractivity contribution < 1.29 is 38.0 Å². The van der Waals surface area contributed by atoms with Crippen LogP contribution < -0.4 is 0 Å². The molecule has 8 heteroatoms. The van der Waals surface area contributed by atoms with E-state index in [1.165, 1.54) is 0 Å². The summed E-state index contributed by atoms with van der Waals surface area (Å²) in [5, 5.41) is 0. The number of hydrogen-bond acceptors (Lipinski definition) is 8. The van der Waals surface area contributed by atoms with Gasteiger partial charge >= 0.3 is 11.9 Å². The number of methoxy groups -OCH3 is 2. The Morgan fingerprint density at radius 1 is 0.786 bits per heavy atom. The Bertz CT molecular complexity index is 557. The van der Waals surface area contributed by atoms with Crippen LogP contribution in [-0.4, -0.2) is 75.0 Å². The number of esters is 2. The number of epoxide rings is 2. The van der Waals surface area contributed by atoms with Gasteiger partial charge in [-0.3, -0.25) is 9.59 Å². The second-order valence-corrected chi connectivity index (χ2v) is 8.48. The Labute approximate surface area is 166 Å². The fourth-order valence-corrected chi connectivity index (χ4v) is 4.18. The number of rotatable bonds is 2. The van der Waals surface area contributed by atoms with Gasteiger partial charge in [0.1, 0.15) is 13.2 Å². The van der Waals surface area contributed by atoms with E-state index in [2.05, 4.69) is 0 Å². The van der Waals surface area contributed by atoms with Crippen LogP contribution in [-0.2, 0) is 38.0 Å². The molecule has 0 amide bonds. The van der Waals surface area contributed by atoms with E-state index < -0.39 is 11.2 Å². The van der Waals surface area contributed by atoms with E-state index in [0.29, 0.717) is 0 Å². The van der Waals surface area contributed by atoms with Crippen molar-refractivity contribution in [2.75, 3.05) is 27.4 Å². The number of hydrogen-bond donors (Lipinski definition) is 0. The van der Waals surface area contributed by atoms with Crippen LogP contribution in [0.15, 0.2) is 0 Å². The summed E-state index contributed by atoms with van der Waals surface area (Å²) in [6.45, 7) is 8.09. The summed E-state index contributed by atoms with van der Waals surface area (Å²) in [5.74, 6) is -0.766. The lowest BCUT2D eigenvalue weighted by Crippen LogP contribution is -2.39. The first kappa shape index (κ1) is 21.5. The number of fused-ring (bicyclic) bond motifs is 2. The highest BCUT2D eigenvalue weighted by molar-refractivity contribution is 5.71. The summed E-state index contributed by atoms with van der Waals surface area (Å²) in [6, 6.07) is 0. The van der Waals surface area contributed by atoms with Crippen LogP contribution in [0.25, 0.3) is 0 Å². The van der Waals surface area contributed by atoms with E-state index >= 15 is 0 Å². The van der Waals surface area contributed by atoms with E-state index in [1.54, 1.807) is 14.2 Å². The first-order chi connectivity index (χ1) is 13.2. The molecule has 0 aromatic carbocycles. The zero-order valence-corrected chi connectivity index (χ0v) is 17.6. The zero-order chi connectivity index (χ0) is 20.7. The predicted octanol–water partition coefficient (Wildman–Crippen LogP) is 1.48. The van der Waals surface area contributed by atoms with Gasteiger partial charge in [-0.05, 0) is 13.8 Å². The molecule has 8 atom stereocenters. The molecule has 0 N–H and O–H groups in total. The SMILES string of the molecule is CO[C@H]1COC(=O)C[C@@H]2O[C@@]2(C)[C@H](C)[C@@H](OC)COC(=O)C[C@@H]2O[C@@]2(C)[C@@H]1C. The molecular formula is C20H32O8. The number of carbonyl (C=O) groups is 2. The first-order valence-corrected chi connectivity index (χ1v) is 9.88. The van der Waals surface area contributed by atoms with Crippen LogP contribution in [0.5, 0.6) is 0 Å². The maximum atomic E-state index is 12.3. The van der Waals surface area contributed by atoms with E-state index in [1.807, 2.05) is 27.7 Å². The molecule has 3 aliphatic rings. The molecule has 0 aliphatic carbocycles. The molecule has 0 aromatic rings. The van der Waals surface area contributed by atoms with Gasteiger partial charge in [-0.15, -0.1) is 0 Å². The fourth-order valence-electron chi connectivity index (χ4n) is 4.18. The van der Waals surface area contributed by atoms with Crippen molar-refractivity contribution in [2.24, 2.45) is 11.8 Å². The van der Waals surface area contributed by atoms with E-state index in [-0.39, 0.29) is 74.2 Å². The number of cyclic esters (lactones) is 2. The molecule has 0 radical (unpaired) electrons. The lowest BCUT2D eigenvalue weighted by atomic mass is 9.86. The highest BCUT2D eigenvalue weighted by Crippen LogP contribution is 2.48. The maximum Gasteiger partial charge on any atom is 0.308 e. The average molecular weight is 400 g/mol. The van der Waals surface area contributed by atoms with Crippen molar-refractivity contribution in [3.63, 3.8) is 0 Å². The summed E-state index contributed by atoms with van der Waals surface area (Å²) in [7, 11) is 3.16. The molecule has 3 aliphatic heterocycles. The van der Waals surface area contributed by atoms with Gasteiger partial charge in [0.05, 0.1) is 48.5 Å². The second kappa shape index (κ2) is 7.89. The minimum absolute atomic E-state index is 0.0646. The van der Waals surface area contributed by atoms with Gasteiger partial charge in [-0.1, -0.05) is 13.8 Å². The predicted molar refractivity (Wildman–Crippen MR) is 97.6 cm³/mol. The Morgan fingerprint density at radius 3 is 1.46 bits per heavy atom. The monoisotopic (exact) mass is 400 g/mol. The molecule has 0 saturated carbocycles. The van der Waals surface area contributed by atoms with Crippen LogP contribution in [0, 0.1) is 11.8 Å². The smallest absolute Gasteiger partial charge is 0.308 e. The summed E-state index contributed by atoms with van der Waals surface area (Å²) < 4.78 is 33.6. The van der Waals surface area contributed by atoms with Crippen LogP contribution >= 0.6 is 0 Å². The third kappa shape index (κ3) is 4.06. The van der Waals surface area contributed by atoms with Crippen molar-refractivity contribution in [2.45, 2.75) is 76.2 Å². The lowest BCUT2D eigenvalue weighted by Gasteiger charge is -2.27. The zero-order valence-electron chi connectivity index (χ0n) is 17.6. The van der Waals surface area contributed by atoms with Gasteiger partial charge in [0.25, 0.3) is 0 Å². The van der Waals surface area contributed by atoms with Crippen LogP contribution in [0.2, 0.25) is 0 Å². The molecule has 0 bridgehead atoms. The van der Waals surface area contributed by atoms with Crippen molar-refractivity contribution in [1.82, 2.24) is 0 Å². The number of carbonyl (C=O) groups excluding carboxylic acids is 2. The minimum atomic E-state index is -0.519. The lowest BCUT2D eigenvalue weighted by molar-refractivity contribution is -0.149. The van der Waals surface area contributed by atoms with Crippen LogP contribution in [0.1, 0.15) is 40.5 Å². The van der Waals surface area contributed by atoms with E-state index in [9.17, 15) is 9.59 Å². The first-order valence-electron chi connectivity index (χ1n) is 9.88.